The standard InChI is InChI=1S/C14H10BrN3O3/c1-20-12-3-2-8(6-10(12)15)13-17-14(21-18-13)9-4-5-16-7-11(9)19/h2-7,19H,1H3. The summed E-state index contributed by atoms with van der Waals surface area (Å²) >= 11 is 3.41. The molecular formula is C14H10BrN3O3. The zero-order valence-corrected chi connectivity index (χ0v) is 12.5. The molecule has 0 saturated carbocycles. The van der Waals surface area contributed by atoms with E-state index in [2.05, 4.69) is 31.1 Å². The third kappa shape index (κ3) is 2.59. The van der Waals surface area contributed by atoms with Crippen molar-refractivity contribution in [2.24, 2.45) is 0 Å². The lowest BCUT2D eigenvalue weighted by Gasteiger charge is -2.03. The third-order valence-electron chi connectivity index (χ3n) is 2.87. The van der Waals surface area contributed by atoms with Crippen LogP contribution < -0.4 is 4.74 Å². The molecule has 6 nitrogen and oxygen atoms in total. The van der Waals surface area contributed by atoms with Crippen molar-refractivity contribution in [3.8, 4) is 34.3 Å². The normalized spacial score (nSPS) is 10.6. The van der Waals surface area contributed by atoms with Crippen molar-refractivity contribution < 1.29 is 14.4 Å². The maximum absolute atomic E-state index is 9.74. The molecule has 0 spiro atoms. The minimum Gasteiger partial charge on any atom is -0.505 e. The Morgan fingerprint density at radius 3 is 2.86 bits per heavy atom. The molecule has 3 rings (SSSR count). The van der Waals surface area contributed by atoms with E-state index in [1.165, 1.54) is 6.20 Å². The van der Waals surface area contributed by atoms with E-state index < -0.39 is 0 Å². The average Bonchev–Trinajstić information content (AvgIpc) is 2.97. The van der Waals surface area contributed by atoms with Crippen molar-refractivity contribution in [1.29, 1.82) is 0 Å². The smallest absolute Gasteiger partial charge is 0.262 e. The van der Waals surface area contributed by atoms with Gasteiger partial charge in [-0.15, -0.1) is 0 Å². The summed E-state index contributed by atoms with van der Waals surface area (Å²) in [6.45, 7) is 0. The molecule has 0 aliphatic rings. The van der Waals surface area contributed by atoms with E-state index in [1.807, 2.05) is 12.1 Å². The number of rotatable bonds is 3. The first-order valence-corrected chi connectivity index (χ1v) is 6.79. The molecule has 0 aliphatic carbocycles. The van der Waals surface area contributed by atoms with E-state index in [4.69, 9.17) is 9.26 Å². The van der Waals surface area contributed by atoms with Crippen LogP contribution >= 0.6 is 15.9 Å². The number of aromatic nitrogens is 3. The highest BCUT2D eigenvalue weighted by atomic mass is 79.9. The fourth-order valence-corrected chi connectivity index (χ4v) is 2.36. The monoisotopic (exact) mass is 347 g/mol. The van der Waals surface area contributed by atoms with Gasteiger partial charge in [0.2, 0.25) is 5.82 Å². The van der Waals surface area contributed by atoms with Gasteiger partial charge >= 0.3 is 0 Å². The molecule has 3 aromatic rings. The Kier molecular flexibility index (Phi) is 3.57. The van der Waals surface area contributed by atoms with Crippen LogP contribution in [0.25, 0.3) is 22.8 Å². The predicted molar refractivity (Wildman–Crippen MR) is 78.9 cm³/mol. The molecule has 0 bridgehead atoms. The molecular weight excluding hydrogens is 338 g/mol. The van der Waals surface area contributed by atoms with Crippen LogP contribution in [0, 0.1) is 0 Å². The van der Waals surface area contributed by atoms with Gasteiger partial charge in [0, 0.05) is 11.8 Å². The lowest BCUT2D eigenvalue weighted by molar-refractivity contribution is 0.412. The van der Waals surface area contributed by atoms with Crippen LogP contribution in [-0.2, 0) is 0 Å². The molecule has 21 heavy (non-hydrogen) atoms. The number of pyridine rings is 1. The van der Waals surface area contributed by atoms with Gasteiger partial charge in [0.05, 0.1) is 23.3 Å². The molecule has 1 aromatic carbocycles. The van der Waals surface area contributed by atoms with E-state index in [0.717, 1.165) is 10.0 Å². The number of aromatic hydroxyl groups is 1. The van der Waals surface area contributed by atoms with E-state index in [0.29, 0.717) is 17.1 Å². The van der Waals surface area contributed by atoms with Gasteiger partial charge in [0.25, 0.3) is 5.89 Å². The molecule has 0 fully saturated rings. The molecule has 0 atom stereocenters. The van der Waals surface area contributed by atoms with Crippen LogP contribution in [0.1, 0.15) is 0 Å². The largest absolute Gasteiger partial charge is 0.505 e. The SMILES string of the molecule is COc1ccc(-c2noc(-c3ccncc3O)n2)cc1Br. The van der Waals surface area contributed by atoms with Crippen LogP contribution in [0.5, 0.6) is 11.5 Å². The van der Waals surface area contributed by atoms with Crippen LogP contribution in [0.3, 0.4) is 0 Å². The Hall–Kier alpha value is -2.41. The predicted octanol–water partition coefficient (Wildman–Crippen LogP) is 3.28. The number of benzene rings is 1. The number of hydrogen-bond donors (Lipinski definition) is 1. The summed E-state index contributed by atoms with van der Waals surface area (Å²) in [5.41, 5.74) is 1.21. The first kappa shape index (κ1) is 13.6. The highest BCUT2D eigenvalue weighted by Gasteiger charge is 2.14. The number of halogens is 1. The fourth-order valence-electron chi connectivity index (χ4n) is 1.82. The third-order valence-corrected chi connectivity index (χ3v) is 3.49. The Morgan fingerprint density at radius 2 is 2.14 bits per heavy atom. The first-order chi connectivity index (χ1) is 10.2. The lowest BCUT2D eigenvalue weighted by Crippen LogP contribution is -1.86. The first-order valence-electron chi connectivity index (χ1n) is 6.00. The van der Waals surface area contributed by atoms with Gasteiger partial charge in [-0.1, -0.05) is 5.16 Å². The molecule has 0 unspecified atom stereocenters. The lowest BCUT2D eigenvalue weighted by atomic mass is 10.2. The zero-order valence-electron chi connectivity index (χ0n) is 10.9. The van der Waals surface area contributed by atoms with Crippen molar-refractivity contribution in [3.63, 3.8) is 0 Å². The van der Waals surface area contributed by atoms with Crippen LogP contribution in [0.2, 0.25) is 0 Å². The summed E-state index contributed by atoms with van der Waals surface area (Å²) in [5.74, 6) is 1.36. The summed E-state index contributed by atoms with van der Waals surface area (Å²) in [4.78, 5) is 8.09. The van der Waals surface area contributed by atoms with Crippen molar-refractivity contribution >= 4 is 15.9 Å². The van der Waals surface area contributed by atoms with Crippen molar-refractivity contribution in [3.05, 3.63) is 41.1 Å². The van der Waals surface area contributed by atoms with Gasteiger partial charge in [0.15, 0.2) is 0 Å². The Balaban J connectivity index is 1.99. The second-order valence-electron chi connectivity index (χ2n) is 4.17. The average molecular weight is 348 g/mol. The van der Waals surface area contributed by atoms with Gasteiger partial charge in [-0.3, -0.25) is 4.98 Å². The number of methoxy groups -OCH3 is 1. The van der Waals surface area contributed by atoms with E-state index in [1.54, 1.807) is 25.4 Å². The number of hydrogen-bond acceptors (Lipinski definition) is 6. The Labute approximate surface area is 128 Å². The molecule has 7 heteroatoms. The van der Waals surface area contributed by atoms with Crippen molar-refractivity contribution in [1.82, 2.24) is 15.1 Å². The number of ether oxygens (including phenoxy) is 1. The summed E-state index contributed by atoms with van der Waals surface area (Å²) in [6.07, 6.45) is 2.87. The summed E-state index contributed by atoms with van der Waals surface area (Å²) < 4.78 is 11.2. The molecule has 2 heterocycles. The molecule has 0 aliphatic heterocycles. The minimum atomic E-state index is -0.0105. The molecule has 0 saturated heterocycles. The Morgan fingerprint density at radius 1 is 1.29 bits per heavy atom. The maximum Gasteiger partial charge on any atom is 0.262 e. The van der Waals surface area contributed by atoms with Gasteiger partial charge in [-0.05, 0) is 40.2 Å². The second kappa shape index (κ2) is 5.53. The summed E-state index contributed by atoms with van der Waals surface area (Å²) in [7, 11) is 1.60. The highest BCUT2D eigenvalue weighted by Crippen LogP contribution is 2.31. The summed E-state index contributed by atoms with van der Waals surface area (Å²) in [6, 6.07) is 7.07. The van der Waals surface area contributed by atoms with E-state index >= 15 is 0 Å². The van der Waals surface area contributed by atoms with Crippen molar-refractivity contribution in [2.75, 3.05) is 7.11 Å². The fraction of sp³-hybridized carbons (Fsp3) is 0.0714. The number of nitrogens with zero attached hydrogens (tertiary/aromatic N) is 3. The maximum atomic E-state index is 9.74. The molecule has 0 amide bonds. The van der Waals surface area contributed by atoms with Crippen LogP contribution in [0.4, 0.5) is 0 Å². The zero-order chi connectivity index (χ0) is 14.8. The summed E-state index contributed by atoms with van der Waals surface area (Å²) in [5, 5.41) is 13.7. The van der Waals surface area contributed by atoms with Gasteiger partial charge in [-0.25, -0.2) is 0 Å². The molecule has 2 aromatic heterocycles. The van der Waals surface area contributed by atoms with E-state index in [9.17, 15) is 5.11 Å². The Bertz CT molecular complexity index is 789. The highest BCUT2D eigenvalue weighted by molar-refractivity contribution is 9.10. The van der Waals surface area contributed by atoms with Gasteiger partial charge in [-0.2, -0.15) is 4.98 Å². The van der Waals surface area contributed by atoms with Gasteiger partial charge in [0.1, 0.15) is 11.5 Å². The molecule has 1 N–H and O–H groups in total. The minimum absolute atomic E-state index is 0.0105. The quantitative estimate of drug-likeness (QED) is 0.782. The van der Waals surface area contributed by atoms with E-state index in [-0.39, 0.29) is 11.6 Å². The van der Waals surface area contributed by atoms with Crippen molar-refractivity contribution in [2.45, 2.75) is 0 Å². The molecule has 0 radical (unpaired) electrons. The topological polar surface area (TPSA) is 81.3 Å². The van der Waals surface area contributed by atoms with Crippen LogP contribution in [0.15, 0.2) is 45.7 Å². The van der Waals surface area contributed by atoms with Gasteiger partial charge < -0.3 is 14.4 Å². The second-order valence-corrected chi connectivity index (χ2v) is 5.02. The van der Waals surface area contributed by atoms with Crippen LogP contribution in [-0.4, -0.2) is 27.3 Å². The molecule has 106 valence electrons.